The van der Waals surface area contributed by atoms with Gasteiger partial charge in [0.1, 0.15) is 5.75 Å². The van der Waals surface area contributed by atoms with Crippen LogP contribution in [0.15, 0.2) is 42.2 Å². The zero-order valence-electron chi connectivity index (χ0n) is 9.86. The number of allylic oxidation sites excluding steroid dienone is 4. The van der Waals surface area contributed by atoms with Crippen LogP contribution < -0.4 is 4.74 Å². The minimum Gasteiger partial charge on any atom is -0.453 e. The number of ketones is 1. The average molecular weight is 261 g/mol. The number of fused-ring (bicyclic) bond motifs is 1. The number of Topliss-reactive ketones (excluding diaryl/α,β-unsaturated/α-hetero) is 1. The van der Waals surface area contributed by atoms with Gasteiger partial charge < -0.3 is 4.74 Å². The summed E-state index contributed by atoms with van der Waals surface area (Å²) in [6.07, 6.45) is 9.43. The normalized spacial score (nSPS) is 24.2. The Labute approximate surface area is 111 Å². The minimum absolute atomic E-state index is 0.0537. The highest BCUT2D eigenvalue weighted by Gasteiger charge is 2.28. The van der Waals surface area contributed by atoms with Crippen LogP contribution in [0.1, 0.15) is 29.6 Å². The maximum atomic E-state index is 12.2. The fraction of sp³-hybridized carbons (Fsp3) is 0.267. The number of rotatable bonds is 1. The van der Waals surface area contributed by atoms with Gasteiger partial charge in [0.05, 0.1) is 5.56 Å². The third kappa shape index (κ3) is 2.08. The number of carbonyl (C=O) groups excluding carboxylic acids is 1. The second-order valence-electron chi connectivity index (χ2n) is 4.65. The molecule has 92 valence electrons. The zero-order chi connectivity index (χ0) is 12.5. The van der Waals surface area contributed by atoms with Gasteiger partial charge in [-0.25, -0.2) is 0 Å². The monoisotopic (exact) mass is 260 g/mol. The van der Waals surface area contributed by atoms with E-state index in [4.69, 9.17) is 16.3 Å². The largest absolute Gasteiger partial charge is 0.453 e. The van der Waals surface area contributed by atoms with Crippen molar-refractivity contribution < 1.29 is 9.53 Å². The number of hydrogen-bond donors (Lipinski definition) is 0. The predicted octanol–water partition coefficient (Wildman–Crippen LogP) is 4.16. The number of hydrogen-bond acceptors (Lipinski definition) is 2. The van der Waals surface area contributed by atoms with E-state index in [1.165, 1.54) is 0 Å². The highest BCUT2D eigenvalue weighted by Crippen LogP contribution is 2.34. The second-order valence-corrected chi connectivity index (χ2v) is 5.08. The van der Waals surface area contributed by atoms with Crippen LogP contribution in [0.25, 0.3) is 0 Å². The molecule has 0 amide bonds. The summed E-state index contributed by atoms with van der Waals surface area (Å²) in [6.45, 7) is 0. The average Bonchev–Trinajstić information content (AvgIpc) is 2.68. The fourth-order valence-electron chi connectivity index (χ4n) is 2.36. The number of carbonyl (C=O) groups is 1. The van der Waals surface area contributed by atoms with Gasteiger partial charge in [0, 0.05) is 5.02 Å². The van der Waals surface area contributed by atoms with Gasteiger partial charge in [-0.2, -0.15) is 0 Å². The van der Waals surface area contributed by atoms with Crippen LogP contribution in [0.5, 0.6) is 5.75 Å². The topological polar surface area (TPSA) is 26.3 Å². The maximum absolute atomic E-state index is 12.2. The molecule has 0 saturated carbocycles. The lowest BCUT2D eigenvalue weighted by molar-refractivity contribution is 0.101. The van der Waals surface area contributed by atoms with Crippen molar-refractivity contribution in [2.24, 2.45) is 5.92 Å². The summed E-state index contributed by atoms with van der Waals surface area (Å²) in [7, 11) is 0. The molecule has 0 radical (unpaired) electrons. The maximum Gasteiger partial charge on any atom is 0.231 e. The second kappa shape index (κ2) is 4.62. The van der Waals surface area contributed by atoms with E-state index in [2.05, 4.69) is 12.2 Å². The standard InChI is InChI=1S/C15H13ClO2/c16-11-6-7-13-12(9-11)15(17)14(18-13)8-10-4-2-1-3-5-10/h1-2,6-10H,3-5H2/b14-8-. The third-order valence-electron chi connectivity index (χ3n) is 3.33. The van der Waals surface area contributed by atoms with Gasteiger partial charge in [-0.15, -0.1) is 0 Å². The summed E-state index contributed by atoms with van der Waals surface area (Å²) in [5.41, 5.74) is 0.570. The van der Waals surface area contributed by atoms with E-state index in [0.717, 1.165) is 19.3 Å². The van der Waals surface area contributed by atoms with E-state index in [-0.39, 0.29) is 5.78 Å². The summed E-state index contributed by atoms with van der Waals surface area (Å²) in [5.74, 6) is 1.41. The van der Waals surface area contributed by atoms with Crippen LogP contribution in [0.2, 0.25) is 5.02 Å². The first kappa shape index (κ1) is 11.5. The molecule has 0 bridgehead atoms. The first-order chi connectivity index (χ1) is 8.74. The zero-order valence-corrected chi connectivity index (χ0v) is 10.6. The van der Waals surface area contributed by atoms with Gasteiger partial charge in [-0.05, 0) is 49.5 Å². The molecule has 3 rings (SSSR count). The fourth-order valence-corrected chi connectivity index (χ4v) is 2.53. The molecular weight excluding hydrogens is 248 g/mol. The number of benzene rings is 1. The molecule has 0 aromatic heterocycles. The van der Waals surface area contributed by atoms with Crippen molar-refractivity contribution >= 4 is 17.4 Å². The third-order valence-corrected chi connectivity index (χ3v) is 3.56. The molecule has 1 atom stereocenters. The van der Waals surface area contributed by atoms with Crippen molar-refractivity contribution in [3.05, 3.63) is 52.8 Å². The molecule has 3 heteroatoms. The van der Waals surface area contributed by atoms with Crippen LogP contribution in [-0.4, -0.2) is 5.78 Å². The van der Waals surface area contributed by atoms with Crippen LogP contribution in [0.4, 0.5) is 0 Å². The van der Waals surface area contributed by atoms with Gasteiger partial charge in [-0.1, -0.05) is 23.8 Å². The van der Waals surface area contributed by atoms with E-state index in [0.29, 0.717) is 28.0 Å². The Morgan fingerprint density at radius 3 is 3.00 bits per heavy atom. The Kier molecular flexibility index (Phi) is 2.96. The van der Waals surface area contributed by atoms with Crippen LogP contribution >= 0.6 is 11.6 Å². The summed E-state index contributed by atoms with van der Waals surface area (Å²) in [6, 6.07) is 5.15. The quantitative estimate of drug-likeness (QED) is 0.560. The van der Waals surface area contributed by atoms with Crippen molar-refractivity contribution in [2.45, 2.75) is 19.3 Å². The lowest BCUT2D eigenvalue weighted by Crippen LogP contribution is -2.05. The smallest absolute Gasteiger partial charge is 0.231 e. The molecule has 1 unspecified atom stereocenters. The Balaban J connectivity index is 1.87. The Morgan fingerprint density at radius 1 is 1.33 bits per heavy atom. The van der Waals surface area contributed by atoms with Crippen molar-refractivity contribution in [3.8, 4) is 5.75 Å². The molecule has 1 aromatic carbocycles. The predicted molar refractivity (Wildman–Crippen MR) is 71.0 cm³/mol. The van der Waals surface area contributed by atoms with Crippen molar-refractivity contribution in [3.63, 3.8) is 0 Å². The molecule has 0 N–H and O–H groups in total. The Morgan fingerprint density at radius 2 is 2.22 bits per heavy atom. The van der Waals surface area contributed by atoms with E-state index in [1.54, 1.807) is 18.2 Å². The first-order valence-corrected chi connectivity index (χ1v) is 6.51. The molecule has 0 fully saturated rings. The summed E-state index contributed by atoms with van der Waals surface area (Å²) < 4.78 is 5.61. The van der Waals surface area contributed by atoms with Crippen LogP contribution in [0, 0.1) is 5.92 Å². The highest BCUT2D eigenvalue weighted by atomic mass is 35.5. The molecule has 18 heavy (non-hydrogen) atoms. The molecule has 1 aliphatic heterocycles. The van der Waals surface area contributed by atoms with E-state index in [1.807, 2.05) is 6.08 Å². The molecule has 0 spiro atoms. The number of ether oxygens (including phenoxy) is 1. The summed E-state index contributed by atoms with van der Waals surface area (Å²) in [4.78, 5) is 12.2. The minimum atomic E-state index is -0.0537. The molecular formula is C15H13ClO2. The lowest BCUT2D eigenvalue weighted by Gasteiger charge is -2.13. The number of halogens is 1. The van der Waals surface area contributed by atoms with E-state index >= 15 is 0 Å². The molecule has 1 aliphatic carbocycles. The van der Waals surface area contributed by atoms with Gasteiger partial charge in [0.2, 0.25) is 5.78 Å². The molecule has 1 aromatic rings. The van der Waals surface area contributed by atoms with Crippen LogP contribution in [0.3, 0.4) is 0 Å². The van der Waals surface area contributed by atoms with Gasteiger partial charge in [0.15, 0.2) is 5.76 Å². The van der Waals surface area contributed by atoms with Gasteiger partial charge in [-0.3, -0.25) is 4.79 Å². The van der Waals surface area contributed by atoms with E-state index < -0.39 is 0 Å². The Bertz CT molecular complexity index is 558. The molecule has 0 saturated heterocycles. The van der Waals surface area contributed by atoms with Crippen molar-refractivity contribution in [1.29, 1.82) is 0 Å². The molecule has 1 heterocycles. The van der Waals surface area contributed by atoms with Crippen molar-refractivity contribution in [2.75, 3.05) is 0 Å². The molecule has 2 nitrogen and oxygen atoms in total. The molecule has 2 aliphatic rings. The summed E-state index contributed by atoms with van der Waals surface area (Å²) >= 11 is 5.89. The SMILES string of the molecule is O=C1/C(=C/C2CC=CCC2)Oc2ccc(Cl)cc21. The van der Waals surface area contributed by atoms with Crippen LogP contribution in [-0.2, 0) is 0 Å². The van der Waals surface area contributed by atoms with Gasteiger partial charge >= 0.3 is 0 Å². The van der Waals surface area contributed by atoms with Crippen molar-refractivity contribution in [1.82, 2.24) is 0 Å². The van der Waals surface area contributed by atoms with E-state index in [9.17, 15) is 4.79 Å². The highest BCUT2D eigenvalue weighted by molar-refractivity contribution is 6.31. The van der Waals surface area contributed by atoms with Gasteiger partial charge in [0.25, 0.3) is 0 Å². The lowest BCUT2D eigenvalue weighted by atomic mass is 9.93. The first-order valence-electron chi connectivity index (χ1n) is 6.13. The summed E-state index contributed by atoms with van der Waals surface area (Å²) in [5, 5.41) is 0.563. The Hall–Kier alpha value is -1.54.